The van der Waals surface area contributed by atoms with Crippen LogP contribution in [0, 0.1) is 44.1 Å². The van der Waals surface area contributed by atoms with Crippen molar-refractivity contribution in [3.8, 4) is 0 Å². The predicted molar refractivity (Wildman–Crippen MR) is 149 cm³/mol. The summed E-state index contributed by atoms with van der Waals surface area (Å²) in [5.74, 6) is -0.824. The summed E-state index contributed by atoms with van der Waals surface area (Å²) >= 11 is 0. The highest BCUT2D eigenvalue weighted by Gasteiger charge is 2.81. The minimum absolute atomic E-state index is 0.0236. The van der Waals surface area contributed by atoms with Crippen LogP contribution in [0.25, 0.3) is 0 Å². The standard InChI is InChI=1S/C31H38N4O7/c1-17-21-13-22(36)25-30-11-4-10-29(2,3)23(30)14-24(31(25,26(17)37)27(21)38)42-28(30)41-12-9-19-16-34(33-32-19)15-18-5-7-20(8-6-18)35(39)40/h5-8,16,21-25,27-28,36,38H,1,4,9-15H2,2-3H3/t21-,22-,23+,24+,25-,27+,28-,30-,31+/m0/s1. The molecule has 0 amide bonds. The molecule has 11 heteroatoms. The van der Waals surface area contributed by atoms with E-state index in [1.54, 1.807) is 16.8 Å². The van der Waals surface area contributed by atoms with Gasteiger partial charge >= 0.3 is 0 Å². The fourth-order valence-corrected chi connectivity index (χ4v) is 9.78. The molecular formula is C31H38N4O7. The second-order valence-corrected chi connectivity index (χ2v) is 13.8. The van der Waals surface area contributed by atoms with Gasteiger partial charge in [-0.3, -0.25) is 14.9 Å². The molecule has 3 heterocycles. The van der Waals surface area contributed by atoms with Gasteiger partial charge in [-0.1, -0.05) is 44.2 Å². The molecule has 4 saturated carbocycles. The Bertz CT molecular complexity index is 1440. The van der Waals surface area contributed by atoms with Gasteiger partial charge in [0.05, 0.1) is 47.5 Å². The Kier molecular flexibility index (Phi) is 6.30. The van der Waals surface area contributed by atoms with Gasteiger partial charge in [-0.05, 0) is 48.2 Å². The van der Waals surface area contributed by atoms with Crippen molar-refractivity contribution in [1.82, 2.24) is 15.0 Å². The highest BCUT2D eigenvalue weighted by molar-refractivity contribution is 6.04. The summed E-state index contributed by atoms with van der Waals surface area (Å²) in [6, 6.07) is 6.35. The maximum absolute atomic E-state index is 13.9. The third kappa shape index (κ3) is 3.69. The Balaban J connectivity index is 1.11. The van der Waals surface area contributed by atoms with Gasteiger partial charge in [-0.25, -0.2) is 4.68 Å². The van der Waals surface area contributed by atoms with Gasteiger partial charge in [-0.15, -0.1) is 5.10 Å². The minimum Gasteiger partial charge on any atom is -0.393 e. The van der Waals surface area contributed by atoms with E-state index in [0.29, 0.717) is 38.0 Å². The van der Waals surface area contributed by atoms with Crippen molar-refractivity contribution < 1.29 is 29.4 Å². The third-order valence-electron chi connectivity index (χ3n) is 11.4. The second kappa shape index (κ2) is 9.51. The Morgan fingerprint density at radius 2 is 1.98 bits per heavy atom. The van der Waals surface area contributed by atoms with E-state index in [1.165, 1.54) is 12.1 Å². The molecule has 8 rings (SSSR count). The smallest absolute Gasteiger partial charge is 0.269 e. The highest BCUT2D eigenvalue weighted by atomic mass is 16.7. The molecule has 42 heavy (non-hydrogen) atoms. The van der Waals surface area contributed by atoms with Crippen LogP contribution in [0.15, 0.2) is 42.6 Å². The third-order valence-corrected chi connectivity index (χ3v) is 11.4. The van der Waals surface area contributed by atoms with Gasteiger partial charge in [-0.2, -0.15) is 0 Å². The first kappa shape index (κ1) is 27.8. The molecule has 2 aromatic rings. The number of non-ortho nitro benzene ring substituents is 1. The lowest BCUT2D eigenvalue weighted by Gasteiger charge is -2.72. The van der Waals surface area contributed by atoms with Crippen molar-refractivity contribution in [2.24, 2.45) is 34.0 Å². The number of rotatable bonds is 7. The Morgan fingerprint density at radius 3 is 2.71 bits per heavy atom. The number of fused-ring (bicyclic) bond motifs is 2. The maximum atomic E-state index is 13.9. The highest BCUT2D eigenvalue weighted by Crippen LogP contribution is 2.75. The molecule has 4 aliphatic carbocycles. The molecule has 0 radical (unpaired) electrons. The molecule has 1 aromatic heterocycles. The van der Waals surface area contributed by atoms with Crippen molar-refractivity contribution in [2.45, 2.75) is 83.5 Å². The van der Waals surface area contributed by atoms with Gasteiger partial charge < -0.3 is 19.7 Å². The summed E-state index contributed by atoms with van der Waals surface area (Å²) in [5.41, 5.74) is 0.297. The predicted octanol–water partition coefficient (Wildman–Crippen LogP) is 3.22. The molecular weight excluding hydrogens is 540 g/mol. The average Bonchev–Trinajstić information content (AvgIpc) is 3.43. The molecule has 2 saturated heterocycles. The number of benzene rings is 1. The second-order valence-electron chi connectivity index (χ2n) is 13.8. The van der Waals surface area contributed by atoms with Crippen LogP contribution in [0.2, 0.25) is 0 Å². The summed E-state index contributed by atoms with van der Waals surface area (Å²) in [4.78, 5) is 24.4. The molecule has 2 spiro atoms. The number of carbonyl (C=O) groups excluding carboxylic acids is 1. The quantitative estimate of drug-likeness (QED) is 0.287. The van der Waals surface area contributed by atoms with E-state index in [4.69, 9.17) is 9.47 Å². The van der Waals surface area contributed by atoms with Crippen LogP contribution < -0.4 is 0 Å². The molecule has 2 N–H and O–H groups in total. The molecule has 6 aliphatic rings. The van der Waals surface area contributed by atoms with E-state index >= 15 is 0 Å². The van der Waals surface area contributed by atoms with E-state index in [-0.39, 0.29) is 22.8 Å². The van der Waals surface area contributed by atoms with Crippen molar-refractivity contribution in [3.05, 3.63) is 64.0 Å². The number of carbonyl (C=O) groups is 1. The monoisotopic (exact) mass is 578 g/mol. The van der Waals surface area contributed by atoms with Gasteiger partial charge in [0.15, 0.2) is 12.1 Å². The molecule has 224 valence electrons. The molecule has 11 nitrogen and oxygen atoms in total. The van der Waals surface area contributed by atoms with E-state index in [9.17, 15) is 25.1 Å². The number of ether oxygens (including phenoxy) is 2. The average molecular weight is 579 g/mol. The molecule has 6 fully saturated rings. The number of aromatic nitrogens is 3. The van der Waals surface area contributed by atoms with Crippen molar-refractivity contribution >= 4 is 11.5 Å². The maximum Gasteiger partial charge on any atom is 0.269 e. The zero-order chi connectivity index (χ0) is 29.6. The first-order chi connectivity index (χ1) is 20.0. The summed E-state index contributed by atoms with van der Waals surface area (Å²) in [7, 11) is 0. The lowest BCUT2D eigenvalue weighted by molar-refractivity contribution is -0.401. The number of aliphatic hydroxyl groups excluding tert-OH is 2. The van der Waals surface area contributed by atoms with Crippen LogP contribution in [0.3, 0.4) is 0 Å². The van der Waals surface area contributed by atoms with Crippen LogP contribution in [0.4, 0.5) is 5.69 Å². The van der Waals surface area contributed by atoms with Crippen LogP contribution in [-0.4, -0.2) is 67.1 Å². The largest absolute Gasteiger partial charge is 0.393 e. The van der Waals surface area contributed by atoms with Crippen LogP contribution in [0.1, 0.15) is 57.2 Å². The molecule has 4 bridgehead atoms. The van der Waals surface area contributed by atoms with E-state index in [0.717, 1.165) is 30.5 Å². The Morgan fingerprint density at radius 1 is 1.21 bits per heavy atom. The van der Waals surface area contributed by atoms with Gasteiger partial charge in [0.1, 0.15) is 0 Å². The van der Waals surface area contributed by atoms with Gasteiger partial charge in [0, 0.05) is 42.0 Å². The summed E-state index contributed by atoms with van der Waals surface area (Å²) in [6.45, 7) is 9.36. The van der Waals surface area contributed by atoms with Crippen molar-refractivity contribution in [2.75, 3.05) is 6.61 Å². The lowest BCUT2D eigenvalue weighted by Crippen LogP contribution is -2.78. The lowest BCUT2D eigenvalue weighted by atomic mass is 9.37. The number of nitro benzene ring substituents is 1. The number of nitro groups is 1. The zero-order valence-electron chi connectivity index (χ0n) is 24.0. The summed E-state index contributed by atoms with van der Waals surface area (Å²) < 4.78 is 14.9. The van der Waals surface area contributed by atoms with Crippen LogP contribution in [-0.2, 0) is 27.2 Å². The Labute approximate surface area is 244 Å². The van der Waals surface area contributed by atoms with E-state index in [2.05, 4.69) is 30.7 Å². The number of ketones is 1. The summed E-state index contributed by atoms with van der Waals surface area (Å²) in [5, 5.41) is 42.7. The van der Waals surface area contributed by atoms with Crippen molar-refractivity contribution in [1.29, 1.82) is 0 Å². The number of aliphatic hydroxyl groups is 2. The number of hydrogen-bond acceptors (Lipinski definition) is 9. The summed E-state index contributed by atoms with van der Waals surface area (Å²) in [6.07, 6.45) is 3.30. The number of nitrogens with zero attached hydrogens (tertiary/aromatic N) is 4. The SMILES string of the molecule is C=C1C(=O)[C@]23[C@H](O)[C@H]1C[C@H](O)[C@H]2[C@]12CCCC(C)(C)[C@H]1C[C@H]3O[C@@H]2OCCc1cn(Cc2ccc([N+](=O)[O-])cc2)nn1. The molecule has 0 unspecified atom stereocenters. The van der Waals surface area contributed by atoms with Gasteiger partial charge in [0.2, 0.25) is 0 Å². The first-order valence-corrected chi connectivity index (χ1v) is 15.0. The molecule has 1 aromatic carbocycles. The van der Waals surface area contributed by atoms with Crippen LogP contribution in [0.5, 0.6) is 0 Å². The number of Topliss-reactive ketones (excluding diaryl/α,β-unsaturated/α-hetero) is 1. The van der Waals surface area contributed by atoms with E-state index in [1.807, 2.05) is 6.20 Å². The zero-order valence-corrected chi connectivity index (χ0v) is 24.0. The van der Waals surface area contributed by atoms with E-state index < -0.39 is 52.2 Å². The first-order valence-electron chi connectivity index (χ1n) is 15.0. The number of hydrogen-bond donors (Lipinski definition) is 2. The van der Waals surface area contributed by atoms with Crippen LogP contribution >= 0.6 is 0 Å². The minimum atomic E-state index is -1.16. The van der Waals surface area contributed by atoms with Crippen molar-refractivity contribution in [3.63, 3.8) is 0 Å². The molecule has 9 atom stereocenters. The fourth-order valence-electron chi connectivity index (χ4n) is 9.78. The normalized spacial score (nSPS) is 39.7. The topological polar surface area (TPSA) is 150 Å². The fraction of sp³-hybridized carbons (Fsp3) is 0.645. The van der Waals surface area contributed by atoms with Gasteiger partial charge in [0.25, 0.3) is 5.69 Å². The Hall–Kier alpha value is -2.99. The molecule has 2 aliphatic heterocycles.